The van der Waals surface area contributed by atoms with Gasteiger partial charge in [-0.25, -0.2) is 9.89 Å². The Hall–Kier alpha value is -3.40. The number of carbonyl (C=O) groups excluding carboxylic acids is 3. The maximum absolute atomic E-state index is 13.4. The Labute approximate surface area is 214 Å². The largest absolute Gasteiger partial charge is 0.467 e. The van der Waals surface area contributed by atoms with Gasteiger partial charge in [0.2, 0.25) is 11.8 Å². The molecule has 1 aromatic carbocycles. The lowest BCUT2D eigenvalue weighted by molar-refractivity contribution is -0.125. The van der Waals surface area contributed by atoms with Crippen LogP contribution in [0, 0.1) is 0 Å². The Morgan fingerprint density at radius 1 is 1.17 bits per heavy atom. The summed E-state index contributed by atoms with van der Waals surface area (Å²) in [5.74, 6) is 0.723. The van der Waals surface area contributed by atoms with Gasteiger partial charge in [0.1, 0.15) is 17.6 Å². The maximum atomic E-state index is 13.4. The van der Waals surface area contributed by atoms with Crippen molar-refractivity contribution in [1.82, 2.24) is 15.5 Å². The molecule has 0 unspecified atom stereocenters. The van der Waals surface area contributed by atoms with Gasteiger partial charge in [0.25, 0.3) is 5.91 Å². The number of amidine groups is 2. The summed E-state index contributed by atoms with van der Waals surface area (Å²) in [5, 5.41) is 5.74. The highest BCUT2D eigenvalue weighted by Gasteiger charge is 2.42. The van der Waals surface area contributed by atoms with E-state index in [2.05, 4.69) is 17.6 Å². The van der Waals surface area contributed by atoms with E-state index in [4.69, 9.17) is 14.4 Å². The smallest absolute Gasteiger partial charge is 0.259 e. The predicted molar refractivity (Wildman–Crippen MR) is 140 cm³/mol. The number of furan rings is 1. The van der Waals surface area contributed by atoms with Crippen LogP contribution in [-0.2, 0) is 20.9 Å². The Balaban J connectivity index is 1.48. The lowest BCUT2D eigenvalue weighted by Gasteiger charge is -2.27. The number of rotatable bonds is 11. The summed E-state index contributed by atoms with van der Waals surface area (Å²) in [6.45, 7) is 4.91. The molecule has 0 saturated carbocycles. The standard InChI is InChI=1S/C26H31N5O4S/c1-3-5-14-27-22(32)13-12-20-25(34)31-23(29-20)18-10-6-7-11-19(18)30-26(31)36-21(4-2)24(33)28-16-17-9-8-15-35-17/h6-11,15,20-21H,3-5,12-14,16H2,1-2H3,(H,27,32)(H,28,33)/t20-,21+/m0/s1. The van der Waals surface area contributed by atoms with Crippen molar-refractivity contribution in [2.45, 2.75) is 63.8 Å². The molecule has 2 atom stereocenters. The second-order valence-corrected chi connectivity index (χ2v) is 9.78. The van der Waals surface area contributed by atoms with Gasteiger partial charge >= 0.3 is 0 Å². The predicted octanol–water partition coefficient (Wildman–Crippen LogP) is 3.76. The van der Waals surface area contributed by atoms with Gasteiger partial charge in [-0.15, -0.1) is 0 Å². The minimum absolute atomic E-state index is 0.0794. The van der Waals surface area contributed by atoms with Crippen molar-refractivity contribution in [3.05, 3.63) is 54.0 Å². The number of benzene rings is 1. The number of hydrogen-bond donors (Lipinski definition) is 2. The van der Waals surface area contributed by atoms with Crippen LogP contribution in [0.2, 0.25) is 0 Å². The molecule has 1 aromatic heterocycles. The fourth-order valence-electron chi connectivity index (χ4n) is 3.98. The fraction of sp³-hybridized carbons (Fsp3) is 0.423. The number of nitrogens with zero attached hydrogens (tertiary/aromatic N) is 3. The zero-order valence-electron chi connectivity index (χ0n) is 20.5. The molecule has 2 N–H and O–H groups in total. The molecule has 36 heavy (non-hydrogen) atoms. The van der Waals surface area contributed by atoms with Gasteiger partial charge in [0.05, 0.1) is 23.7 Å². The number of thioether (sulfide) groups is 1. The van der Waals surface area contributed by atoms with Gasteiger partial charge < -0.3 is 15.1 Å². The summed E-state index contributed by atoms with van der Waals surface area (Å²) < 4.78 is 5.29. The molecule has 3 heterocycles. The van der Waals surface area contributed by atoms with Crippen LogP contribution in [-0.4, -0.2) is 51.5 Å². The second-order valence-electron chi connectivity index (χ2n) is 8.61. The summed E-state index contributed by atoms with van der Waals surface area (Å²) in [6, 6.07) is 10.4. The van der Waals surface area contributed by atoms with E-state index in [9.17, 15) is 14.4 Å². The number of fused-ring (bicyclic) bond motifs is 3. The Morgan fingerprint density at radius 2 is 2.00 bits per heavy atom. The molecule has 2 aliphatic rings. The van der Waals surface area contributed by atoms with E-state index in [-0.39, 0.29) is 30.7 Å². The lowest BCUT2D eigenvalue weighted by atomic mass is 10.1. The highest BCUT2D eigenvalue weighted by Crippen LogP contribution is 2.35. The van der Waals surface area contributed by atoms with E-state index in [1.165, 1.54) is 16.7 Å². The summed E-state index contributed by atoms with van der Waals surface area (Å²) >= 11 is 1.25. The van der Waals surface area contributed by atoms with Gasteiger partial charge in [0, 0.05) is 18.5 Å². The topological polar surface area (TPSA) is 116 Å². The van der Waals surface area contributed by atoms with E-state index < -0.39 is 11.3 Å². The monoisotopic (exact) mass is 509 g/mol. The molecule has 0 radical (unpaired) electrons. The molecule has 0 spiro atoms. The molecule has 2 aliphatic heterocycles. The summed E-state index contributed by atoms with van der Waals surface area (Å²) in [6.07, 6.45) is 4.57. The van der Waals surface area contributed by atoms with Crippen molar-refractivity contribution < 1.29 is 18.8 Å². The quantitative estimate of drug-likeness (QED) is 0.448. The molecule has 0 fully saturated rings. The molecule has 2 aromatic rings. The third kappa shape index (κ3) is 5.87. The molecular weight excluding hydrogens is 478 g/mol. The summed E-state index contributed by atoms with van der Waals surface area (Å²) in [7, 11) is 0. The number of carbonyl (C=O) groups is 3. The third-order valence-electron chi connectivity index (χ3n) is 5.97. The number of hydrogen-bond acceptors (Lipinski definition) is 7. The Morgan fingerprint density at radius 3 is 2.75 bits per heavy atom. The lowest BCUT2D eigenvalue weighted by Crippen LogP contribution is -2.43. The fourth-order valence-corrected chi connectivity index (χ4v) is 5.03. The minimum Gasteiger partial charge on any atom is -0.467 e. The van der Waals surface area contributed by atoms with Crippen LogP contribution in [0.4, 0.5) is 5.69 Å². The first-order chi connectivity index (χ1) is 17.5. The zero-order valence-corrected chi connectivity index (χ0v) is 21.3. The summed E-state index contributed by atoms with van der Waals surface area (Å²) in [5.41, 5.74) is 1.46. The van der Waals surface area contributed by atoms with Crippen LogP contribution in [0.5, 0.6) is 0 Å². The molecule has 0 saturated heterocycles. The maximum Gasteiger partial charge on any atom is 0.259 e. The number of unbranched alkanes of at least 4 members (excludes halogenated alkanes) is 1. The highest BCUT2D eigenvalue weighted by molar-refractivity contribution is 8.15. The molecule has 0 aliphatic carbocycles. The van der Waals surface area contributed by atoms with Crippen LogP contribution >= 0.6 is 11.8 Å². The average Bonchev–Trinajstić information content (AvgIpc) is 3.53. The van der Waals surface area contributed by atoms with E-state index in [0.29, 0.717) is 41.8 Å². The van der Waals surface area contributed by atoms with Gasteiger partial charge in [-0.2, -0.15) is 0 Å². The van der Waals surface area contributed by atoms with Crippen molar-refractivity contribution in [2.75, 3.05) is 6.54 Å². The number of para-hydroxylation sites is 1. The van der Waals surface area contributed by atoms with Gasteiger partial charge in [-0.05, 0) is 43.5 Å². The average molecular weight is 510 g/mol. The first-order valence-corrected chi connectivity index (χ1v) is 13.2. The van der Waals surface area contributed by atoms with E-state index in [0.717, 1.165) is 18.4 Å². The van der Waals surface area contributed by atoms with E-state index in [1.54, 1.807) is 18.4 Å². The molecule has 4 rings (SSSR count). The van der Waals surface area contributed by atoms with Gasteiger partial charge in [-0.1, -0.05) is 44.2 Å². The third-order valence-corrected chi connectivity index (χ3v) is 7.29. The van der Waals surface area contributed by atoms with Crippen LogP contribution in [0.25, 0.3) is 0 Å². The van der Waals surface area contributed by atoms with Gasteiger partial charge in [0.15, 0.2) is 5.17 Å². The molecule has 9 nitrogen and oxygen atoms in total. The summed E-state index contributed by atoms with van der Waals surface area (Å²) in [4.78, 5) is 49.5. The molecule has 10 heteroatoms. The number of nitrogens with one attached hydrogen (secondary N) is 2. The number of aliphatic imine (C=N–C) groups is 2. The van der Waals surface area contributed by atoms with Crippen molar-refractivity contribution in [3.63, 3.8) is 0 Å². The minimum atomic E-state index is -0.665. The Kier molecular flexibility index (Phi) is 8.58. The van der Waals surface area contributed by atoms with Crippen molar-refractivity contribution in [3.8, 4) is 0 Å². The zero-order chi connectivity index (χ0) is 25.5. The first-order valence-electron chi connectivity index (χ1n) is 12.3. The molecular formula is C26H31N5O4S. The van der Waals surface area contributed by atoms with Crippen molar-refractivity contribution >= 4 is 46.2 Å². The van der Waals surface area contributed by atoms with Crippen LogP contribution in [0.1, 0.15) is 57.3 Å². The number of amides is 3. The van der Waals surface area contributed by atoms with Gasteiger partial charge in [-0.3, -0.25) is 19.4 Å². The molecule has 3 amide bonds. The SMILES string of the molecule is CCCCNC(=O)CC[C@@H]1N=C2c3ccccc3N=C(S[C@H](CC)C(=O)NCc3ccco3)N2C1=O. The van der Waals surface area contributed by atoms with Crippen molar-refractivity contribution in [2.24, 2.45) is 9.98 Å². The molecule has 190 valence electrons. The van der Waals surface area contributed by atoms with E-state index in [1.807, 2.05) is 31.2 Å². The van der Waals surface area contributed by atoms with E-state index >= 15 is 0 Å². The first kappa shape index (κ1) is 25.7. The van der Waals surface area contributed by atoms with Crippen LogP contribution < -0.4 is 10.6 Å². The van der Waals surface area contributed by atoms with Crippen LogP contribution in [0.3, 0.4) is 0 Å². The Bertz CT molecular complexity index is 1160. The molecule has 0 bridgehead atoms. The van der Waals surface area contributed by atoms with Crippen LogP contribution in [0.15, 0.2) is 57.1 Å². The highest BCUT2D eigenvalue weighted by atomic mass is 32.2. The van der Waals surface area contributed by atoms with Crippen molar-refractivity contribution in [1.29, 1.82) is 0 Å². The second kappa shape index (κ2) is 12.0. The normalized spacial score (nSPS) is 17.1.